The summed E-state index contributed by atoms with van der Waals surface area (Å²) in [5.41, 5.74) is 7.24. The van der Waals surface area contributed by atoms with Crippen LogP contribution in [0.1, 0.15) is 11.3 Å². The number of para-hydroxylation sites is 1. The molecule has 1 atom stereocenters. The summed E-state index contributed by atoms with van der Waals surface area (Å²) in [6, 6.07) is 9.45. The van der Waals surface area contributed by atoms with Gasteiger partial charge >= 0.3 is 5.97 Å². The number of hydrogen-bond donors (Lipinski definition) is 1. The summed E-state index contributed by atoms with van der Waals surface area (Å²) >= 11 is 0. The van der Waals surface area contributed by atoms with Crippen molar-refractivity contribution in [3.8, 4) is 0 Å². The summed E-state index contributed by atoms with van der Waals surface area (Å²) in [7, 11) is 1.29. The minimum atomic E-state index is -0.760. The number of aromatic nitrogens is 1. The Morgan fingerprint density at radius 1 is 1.36 bits per heavy atom. The number of carbonyl (C=O) groups is 1. The number of nitrogens with two attached hydrogens (primary N) is 1. The molecule has 0 spiro atoms. The normalized spacial score (nSPS) is 11.9. The van der Waals surface area contributed by atoms with Gasteiger partial charge in [0.2, 0.25) is 0 Å². The van der Waals surface area contributed by atoms with Crippen LogP contribution >= 0.6 is 0 Å². The maximum atomic E-state index is 11.4. The summed E-state index contributed by atoms with van der Waals surface area (Å²) in [4.78, 5) is 22.1. The third-order valence-electron chi connectivity index (χ3n) is 3.39. The molecule has 0 aliphatic heterocycles. The summed E-state index contributed by atoms with van der Waals surface area (Å²) in [6.45, 7) is 0.341. The first kappa shape index (κ1) is 15.7. The van der Waals surface area contributed by atoms with E-state index in [9.17, 15) is 14.9 Å². The van der Waals surface area contributed by atoms with E-state index in [1.807, 2.05) is 16.7 Å². The molecule has 0 bridgehead atoms. The van der Waals surface area contributed by atoms with E-state index in [4.69, 9.17) is 5.73 Å². The van der Waals surface area contributed by atoms with E-state index in [0.29, 0.717) is 18.5 Å². The minimum absolute atomic E-state index is 0.0689. The number of rotatable bonds is 6. The molecule has 0 aliphatic carbocycles. The zero-order valence-electron chi connectivity index (χ0n) is 12.1. The molecule has 0 aliphatic rings. The molecule has 0 saturated carbocycles. The molecule has 116 valence electrons. The van der Waals surface area contributed by atoms with Crippen LogP contribution < -0.4 is 5.73 Å². The number of nitro benzene ring substituents is 1. The number of esters is 1. The summed E-state index contributed by atoms with van der Waals surface area (Å²) < 4.78 is 6.45. The van der Waals surface area contributed by atoms with Crippen LogP contribution in [0.2, 0.25) is 0 Å². The lowest BCUT2D eigenvalue weighted by Crippen LogP contribution is -2.34. The first-order valence-electron chi connectivity index (χ1n) is 6.72. The highest BCUT2D eigenvalue weighted by molar-refractivity contribution is 5.75. The zero-order chi connectivity index (χ0) is 16.1. The van der Waals surface area contributed by atoms with E-state index in [-0.39, 0.29) is 5.69 Å². The fraction of sp³-hybridized carbons (Fsp3) is 0.267. The van der Waals surface area contributed by atoms with Gasteiger partial charge in [-0.2, -0.15) is 0 Å². The molecular weight excluding hydrogens is 286 g/mol. The third-order valence-corrected chi connectivity index (χ3v) is 3.39. The maximum absolute atomic E-state index is 11.4. The van der Waals surface area contributed by atoms with Crippen LogP contribution in [0.5, 0.6) is 0 Å². The predicted molar refractivity (Wildman–Crippen MR) is 80.3 cm³/mol. The first-order chi connectivity index (χ1) is 10.5. The highest BCUT2D eigenvalue weighted by atomic mass is 16.6. The molecule has 0 radical (unpaired) electrons. The molecular formula is C15H17N3O4. The second-order valence-electron chi connectivity index (χ2n) is 4.85. The van der Waals surface area contributed by atoms with Crippen LogP contribution in [0, 0.1) is 10.1 Å². The Balaban J connectivity index is 2.20. The van der Waals surface area contributed by atoms with E-state index >= 15 is 0 Å². The fourth-order valence-electron chi connectivity index (χ4n) is 2.26. The molecule has 0 fully saturated rings. The highest BCUT2D eigenvalue weighted by Gasteiger charge is 2.18. The maximum Gasteiger partial charge on any atom is 0.323 e. The molecule has 2 N–H and O–H groups in total. The van der Waals surface area contributed by atoms with Gasteiger partial charge in [0.25, 0.3) is 5.69 Å². The van der Waals surface area contributed by atoms with Crippen molar-refractivity contribution in [2.75, 3.05) is 7.11 Å². The standard InChI is InChI=1S/C15H17N3O4/c1-22-15(19)13(16)9-12-6-4-8-17(12)10-11-5-2-3-7-14(11)18(20)21/h2-8,13H,9-10,16H2,1H3. The van der Waals surface area contributed by atoms with Crippen molar-refractivity contribution in [1.29, 1.82) is 0 Å². The van der Waals surface area contributed by atoms with Crippen LogP contribution in [-0.4, -0.2) is 28.6 Å². The number of hydrogen-bond acceptors (Lipinski definition) is 5. The van der Waals surface area contributed by atoms with Crippen molar-refractivity contribution >= 4 is 11.7 Å². The van der Waals surface area contributed by atoms with Crippen molar-refractivity contribution in [1.82, 2.24) is 4.57 Å². The average molecular weight is 303 g/mol. The number of nitro groups is 1. The first-order valence-corrected chi connectivity index (χ1v) is 6.72. The van der Waals surface area contributed by atoms with Gasteiger partial charge in [0.05, 0.1) is 18.6 Å². The molecule has 7 nitrogen and oxygen atoms in total. The van der Waals surface area contributed by atoms with Gasteiger partial charge in [0.1, 0.15) is 6.04 Å². The molecule has 1 aromatic carbocycles. The predicted octanol–water partition coefficient (Wildman–Crippen LogP) is 1.49. The lowest BCUT2D eigenvalue weighted by atomic mass is 10.1. The highest BCUT2D eigenvalue weighted by Crippen LogP contribution is 2.20. The fourth-order valence-corrected chi connectivity index (χ4v) is 2.26. The van der Waals surface area contributed by atoms with Crippen LogP contribution in [0.4, 0.5) is 5.69 Å². The number of benzene rings is 1. The minimum Gasteiger partial charge on any atom is -0.468 e. The van der Waals surface area contributed by atoms with Crippen molar-refractivity contribution in [2.24, 2.45) is 5.73 Å². The van der Waals surface area contributed by atoms with Crippen LogP contribution in [0.15, 0.2) is 42.6 Å². The second-order valence-corrected chi connectivity index (χ2v) is 4.85. The number of ether oxygens (including phenoxy) is 1. The van der Waals surface area contributed by atoms with Gasteiger partial charge in [-0.05, 0) is 12.1 Å². The largest absolute Gasteiger partial charge is 0.468 e. The van der Waals surface area contributed by atoms with Crippen LogP contribution in [0.25, 0.3) is 0 Å². The van der Waals surface area contributed by atoms with Crippen molar-refractivity contribution in [2.45, 2.75) is 19.0 Å². The molecule has 22 heavy (non-hydrogen) atoms. The van der Waals surface area contributed by atoms with Crippen molar-refractivity contribution < 1.29 is 14.5 Å². The van der Waals surface area contributed by atoms with E-state index in [1.54, 1.807) is 24.4 Å². The monoisotopic (exact) mass is 303 g/mol. The van der Waals surface area contributed by atoms with E-state index in [2.05, 4.69) is 4.74 Å². The number of nitrogens with zero attached hydrogens (tertiary/aromatic N) is 2. The van der Waals surface area contributed by atoms with Crippen LogP contribution in [0.3, 0.4) is 0 Å². The van der Waals surface area contributed by atoms with Gasteiger partial charge < -0.3 is 15.0 Å². The Morgan fingerprint density at radius 3 is 2.77 bits per heavy atom. The molecule has 2 aromatic rings. The van der Waals surface area contributed by atoms with Crippen molar-refractivity contribution in [3.63, 3.8) is 0 Å². The number of carbonyl (C=O) groups excluding carboxylic acids is 1. The quantitative estimate of drug-likeness (QED) is 0.495. The van der Waals surface area contributed by atoms with Gasteiger partial charge in [-0.1, -0.05) is 18.2 Å². The van der Waals surface area contributed by atoms with Gasteiger partial charge in [-0.15, -0.1) is 0 Å². The molecule has 7 heteroatoms. The molecule has 1 unspecified atom stereocenters. The lowest BCUT2D eigenvalue weighted by Gasteiger charge is -2.13. The van der Waals surface area contributed by atoms with Gasteiger partial charge in [-0.25, -0.2) is 0 Å². The molecule has 0 saturated heterocycles. The summed E-state index contributed by atoms with van der Waals surface area (Å²) in [5, 5.41) is 11.1. The topological polar surface area (TPSA) is 100 Å². The SMILES string of the molecule is COC(=O)C(N)Cc1cccn1Cc1ccccc1[N+](=O)[O-]. The lowest BCUT2D eigenvalue weighted by molar-refractivity contribution is -0.385. The van der Waals surface area contributed by atoms with Crippen LogP contribution in [-0.2, 0) is 22.5 Å². The van der Waals surface area contributed by atoms with Gasteiger partial charge in [0, 0.05) is 29.9 Å². The Kier molecular flexibility index (Phi) is 4.90. The van der Waals surface area contributed by atoms with Gasteiger partial charge in [0.15, 0.2) is 0 Å². The molecule has 2 rings (SSSR count). The zero-order valence-corrected chi connectivity index (χ0v) is 12.1. The smallest absolute Gasteiger partial charge is 0.323 e. The summed E-state index contributed by atoms with van der Waals surface area (Å²) in [5.74, 6) is -0.488. The molecule has 1 aromatic heterocycles. The molecule has 1 heterocycles. The Morgan fingerprint density at radius 2 is 2.09 bits per heavy atom. The number of methoxy groups -OCH3 is 1. The van der Waals surface area contributed by atoms with E-state index in [1.165, 1.54) is 13.2 Å². The third kappa shape index (κ3) is 3.50. The Hall–Kier alpha value is -2.67. The van der Waals surface area contributed by atoms with Gasteiger partial charge in [-0.3, -0.25) is 14.9 Å². The second kappa shape index (κ2) is 6.86. The van der Waals surface area contributed by atoms with E-state index in [0.717, 1.165) is 5.69 Å². The Labute approximate surface area is 127 Å². The van der Waals surface area contributed by atoms with E-state index < -0.39 is 16.9 Å². The van der Waals surface area contributed by atoms with Crippen molar-refractivity contribution in [3.05, 3.63) is 64.0 Å². The molecule has 0 amide bonds. The Bertz CT molecular complexity index is 681. The average Bonchev–Trinajstić information content (AvgIpc) is 2.93. The summed E-state index contributed by atoms with van der Waals surface area (Å²) in [6.07, 6.45) is 2.11.